The van der Waals surface area contributed by atoms with Gasteiger partial charge in [0, 0.05) is 26.0 Å². The Bertz CT molecular complexity index is 161. The zero-order chi connectivity index (χ0) is 8.81. The van der Waals surface area contributed by atoms with Gasteiger partial charge in [-0.2, -0.15) is 0 Å². The number of amidine groups is 1. The first kappa shape index (κ1) is 9.86. The van der Waals surface area contributed by atoms with Crippen LogP contribution in [0.1, 0.15) is 13.3 Å². The van der Waals surface area contributed by atoms with Crippen molar-refractivity contribution in [1.82, 2.24) is 5.32 Å². The van der Waals surface area contributed by atoms with Gasteiger partial charge in [0.25, 0.3) is 0 Å². The van der Waals surface area contributed by atoms with E-state index in [-0.39, 0.29) is 6.10 Å². The summed E-state index contributed by atoms with van der Waals surface area (Å²) in [5.74, 6) is 1.19. The lowest BCUT2D eigenvalue weighted by Crippen LogP contribution is -2.31. The van der Waals surface area contributed by atoms with Crippen molar-refractivity contribution in [2.45, 2.75) is 19.4 Å². The summed E-state index contributed by atoms with van der Waals surface area (Å²) in [6.07, 6.45) is 1.46. The number of hydrogen-bond donors (Lipinski definition) is 1. The molecule has 0 saturated carbocycles. The Hall–Kier alpha value is -0.220. The van der Waals surface area contributed by atoms with Crippen molar-refractivity contribution in [3.8, 4) is 0 Å². The maximum absolute atomic E-state index is 5.11. The Morgan fingerprint density at radius 1 is 1.75 bits per heavy atom. The minimum Gasteiger partial charge on any atom is -0.380 e. The molecule has 1 atom stereocenters. The summed E-state index contributed by atoms with van der Waals surface area (Å²) in [7, 11) is 1.72. The third kappa shape index (κ3) is 3.45. The fourth-order valence-corrected chi connectivity index (χ4v) is 1.72. The number of thioether (sulfide) groups is 1. The van der Waals surface area contributed by atoms with Crippen molar-refractivity contribution < 1.29 is 4.74 Å². The van der Waals surface area contributed by atoms with Crippen LogP contribution in [0.15, 0.2) is 4.99 Å². The number of hydrogen-bond acceptors (Lipinski definition) is 4. The molecule has 1 aliphatic heterocycles. The summed E-state index contributed by atoms with van der Waals surface area (Å²) in [6, 6.07) is 0. The molecule has 0 saturated heterocycles. The summed E-state index contributed by atoms with van der Waals surface area (Å²) in [4.78, 5) is 4.35. The highest BCUT2D eigenvalue weighted by Crippen LogP contribution is 2.09. The van der Waals surface area contributed by atoms with Gasteiger partial charge in [0.15, 0.2) is 5.17 Å². The van der Waals surface area contributed by atoms with Gasteiger partial charge in [-0.25, -0.2) is 0 Å². The molecule has 4 heteroatoms. The minimum atomic E-state index is 0.259. The molecule has 0 aromatic rings. The van der Waals surface area contributed by atoms with Gasteiger partial charge in [-0.3, -0.25) is 4.99 Å². The zero-order valence-corrected chi connectivity index (χ0v) is 8.49. The number of aliphatic imine (C=N–C) groups is 1. The van der Waals surface area contributed by atoms with Crippen molar-refractivity contribution >= 4 is 16.9 Å². The first-order valence-corrected chi connectivity index (χ1v) is 5.25. The molecule has 12 heavy (non-hydrogen) atoms. The van der Waals surface area contributed by atoms with Gasteiger partial charge < -0.3 is 10.1 Å². The maximum Gasteiger partial charge on any atom is 0.156 e. The van der Waals surface area contributed by atoms with Gasteiger partial charge in [0.2, 0.25) is 0 Å². The average molecular weight is 188 g/mol. The van der Waals surface area contributed by atoms with Crippen LogP contribution in [0.5, 0.6) is 0 Å². The Kier molecular flexibility index (Phi) is 4.46. The van der Waals surface area contributed by atoms with Crippen LogP contribution in [0.2, 0.25) is 0 Å². The number of nitrogens with one attached hydrogen (secondary N) is 1. The molecule has 0 aromatic heterocycles. The van der Waals surface area contributed by atoms with Crippen LogP contribution in [0.4, 0.5) is 0 Å². The molecular weight excluding hydrogens is 172 g/mol. The Morgan fingerprint density at radius 3 is 3.17 bits per heavy atom. The highest BCUT2D eigenvalue weighted by Gasteiger charge is 2.06. The summed E-state index contributed by atoms with van der Waals surface area (Å²) in [6.45, 7) is 3.86. The Balaban J connectivity index is 2.17. The summed E-state index contributed by atoms with van der Waals surface area (Å²) < 4.78 is 5.11. The Labute approximate surface area is 78.0 Å². The first-order valence-electron chi connectivity index (χ1n) is 4.27. The lowest BCUT2D eigenvalue weighted by atomic mass is 10.4. The summed E-state index contributed by atoms with van der Waals surface area (Å²) in [5.41, 5.74) is 0. The maximum atomic E-state index is 5.11. The van der Waals surface area contributed by atoms with E-state index in [2.05, 4.69) is 10.3 Å². The quantitative estimate of drug-likeness (QED) is 0.720. The summed E-state index contributed by atoms with van der Waals surface area (Å²) in [5, 5.41) is 4.33. The van der Waals surface area contributed by atoms with E-state index in [1.54, 1.807) is 18.9 Å². The number of rotatable bonds is 3. The highest BCUT2D eigenvalue weighted by molar-refractivity contribution is 8.13. The van der Waals surface area contributed by atoms with Gasteiger partial charge in [0.05, 0.1) is 6.10 Å². The van der Waals surface area contributed by atoms with Gasteiger partial charge in [-0.05, 0) is 13.3 Å². The van der Waals surface area contributed by atoms with Crippen LogP contribution in [-0.4, -0.2) is 37.2 Å². The number of ether oxygens (including phenoxy) is 1. The molecule has 0 aromatic carbocycles. The van der Waals surface area contributed by atoms with Crippen molar-refractivity contribution in [2.24, 2.45) is 4.99 Å². The van der Waals surface area contributed by atoms with E-state index in [1.165, 1.54) is 12.2 Å². The van der Waals surface area contributed by atoms with Crippen LogP contribution in [0, 0.1) is 0 Å². The average Bonchev–Trinajstić information content (AvgIpc) is 2.16. The van der Waals surface area contributed by atoms with E-state index >= 15 is 0 Å². The molecule has 1 rings (SSSR count). The molecule has 0 spiro atoms. The molecule has 0 bridgehead atoms. The molecule has 1 unspecified atom stereocenters. The molecular formula is C8H16N2OS. The molecule has 1 N–H and O–H groups in total. The standard InChI is InChI=1S/C8H16N2OS/c1-7(11-2)6-10-8-9-4-3-5-12-8/h7H,3-6H2,1-2H3,(H,9,10). The molecule has 0 aliphatic carbocycles. The van der Waals surface area contributed by atoms with Crippen molar-refractivity contribution in [2.75, 3.05) is 26.0 Å². The largest absolute Gasteiger partial charge is 0.380 e. The van der Waals surface area contributed by atoms with Crippen LogP contribution in [0.25, 0.3) is 0 Å². The molecule has 0 radical (unpaired) electrons. The lowest BCUT2D eigenvalue weighted by Gasteiger charge is -2.15. The molecule has 1 aliphatic rings. The third-order valence-electron chi connectivity index (χ3n) is 1.74. The van der Waals surface area contributed by atoms with Crippen molar-refractivity contribution in [3.63, 3.8) is 0 Å². The van der Waals surface area contributed by atoms with Gasteiger partial charge >= 0.3 is 0 Å². The van der Waals surface area contributed by atoms with Crippen LogP contribution in [0.3, 0.4) is 0 Å². The van der Waals surface area contributed by atoms with E-state index in [4.69, 9.17) is 4.74 Å². The normalized spacial score (nSPS) is 20.0. The lowest BCUT2D eigenvalue weighted by molar-refractivity contribution is 0.121. The van der Waals surface area contributed by atoms with E-state index in [1.807, 2.05) is 6.92 Å². The zero-order valence-electron chi connectivity index (χ0n) is 7.67. The van der Waals surface area contributed by atoms with E-state index < -0.39 is 0 Å². The number of nitrogens with zero attached hydrogens (tertiary/aromatic N) is 1. The monoisotopic (exact) mass is 188 g/mol. The second kappa shape index (κ2) is 5.43. The summed E-state index contributed by atoms with van der Waals surface area (Å²) >= 11 is 1.80. The fraction of sp³-hybridized carbons (Fsp3) is 0.875. The van der Waals surface area contributed by atoms with E-state index in [0.29, 0.717) is 0 Å². The van der Waals surface area contributed by atoms with Crippen molar-refractivity contribution in [1.29, 1.82) is 0 Å². The van der Waals surface area contributed by atoms with Crippen molar-refractivity contribution in [3.05, 3.63) is 0 Å². The van der Waals surface area contributed by atoms with Crippen LogP contribution >= 0.6 is 11.8 Å². The van der Waals surface area contributed by atoms with E-state index in [0.717, 1.165) is 18.3 Å². The van der Waals surface area contributed by atoms with Crippen LogP contribution < -0.4 is 5.32 Å². The predicted molar refractivity (Wildman–Crippen MR) is 53.9 cm³/mol. The molecule has 0 fully saturated rings. The Morgan fingerprint density at radius 2 is 2.58 bits per heavy atom. The highest BCUT2D eigenvalue weighted by atomic mass is 32.2. The van der Waals surface area contributed by atoms with E-state index in [9.17, 15) is 0 Å². The SMILES string of the molecule is COC(C)CNC1=NCCCS1. The smallest absolute Gasteiger partial charge is 0.156 e. The fourth-order valence-electron chi connectivity index (χ4n) is 0.881. The topological polar surface area (TPSA) is 33.6 Å². The molecule has 70 valence electrons. The number of methoxy groups -OCH3 is 1. The molecule has 3 nitrogen and oxygen atoms in total. The van der Waals surface area contributed by atoms with Crippen LogP contribution in [-0.2, 0) is 4.74 Å². The van der Waals surface area contributed by atoms with Gasteiger partial charge in [-0.15, -0.1) is 0 Å². The first-order chi connectivity index (χ1) is 5.83. The van der Waals surface area contributed by atoms with Gasteiger partial charge in [0.1, 0.15) is 0 Å². The molecule has 0 amide bonds. The predicted octanol–water partition coefficient (Wildman–Crippen LogP) is 1.10. The third-order valence-corrected chi connectivity index (χ3v) is 2.78. The minimum absolute atomic E-state index is 0.259. The molecule has 1 heterocycles. The second-order valence-corrected chi connectivity index (χ2v) is 3.90. The second-order valence-electron chi connectivity index (χ2n) is 2.82. The van der Waals surface area contributed by atoms with Gasteiger partial charge in [-0.1, -0.05) is 11.8 Å².